The van der Waals surface area contributed by atoms with Crippen LogP contribution in [0.3, 0.4) is 0 Å². The van der Waals surface area contributed by atoms with E-state index in [1.807, 2.05) is 18.2 Å². The Bertz CT molecular complexity index is 630. The molecule has 0 saturated carbocycles. The normalized spacial score (nSPS) is 20.5. The lowest BCUT2D eigenvalue weighted by Crippen LogP contribution is -2.55. The molecule has 0 aromatic heterocycles. The first-order chi connectivity index (χ1) is 13.2. The summed E-state index contributed by atoms with van der Waals surface area (Å²) in [6.45, 7) is 8.89. The third kappa shape index (κ3) is 6.90. The molecule has 0 spiro atoms. The summed E-state index contributed by atoms with van der Waals surface area (Å²) in [5, 5.41) is 2.55. The number of amides is 3. The Hall–Kier alpha value is -2.51. The molecule has 156 valence electrons. The molecule has 0 aromatic carbocycles. The van der Waals surface area contributed by atoms with Gasteiger partial charge >= 0.3 is 12.2 Å². The number of nitrogens with one attached hydrogen (secondary N) is 1. The topological polar surface area (TPSA) is 88.2 Å². The minimum atomic E-state index is -0.695. The van der Waals surface area contributed by atoms with Crippen LogP contribution in [0.5, 0.6) is 0 Å². The van der Waals surface area contributed by atoms with Gasteiger partial charge in [0.05, 0.1) is 6.61 Å². The quantitative estimate of drug-likeness (QED) is 0.792. The van der Waals surface area contributed by atoms with Crippen molar-refractivity contribution >= 4 is 18.1 Å². The highest BCUT2D eigenvalue weighted by Gasteiger charge is 2.29. The maximum atomic E-state index is 12.5. The maximum Gasteiger partial charge on any atom is 0.409 e. The molecule has 8 nitrogen and oxygen atoms in total. The molecule has 28 heavy (non-hydrogen) atoms. The van der Waals surface area contributed by atoms with Crippen LogP contribution in [0.2, 0.25) is 0 Å². The van der Waals surface area contributed by atoms with E-state index >= 15 is 0 Å². The molecule has 0 radical (unpaired) electrons. The molecule has 1 heterocycles. The number of nitrogens with zero attached hydrogens (tertiary/aromatic N) is 2. The fourth-order valence-corrected chi connectivity index (χ4v) is 2.95. The molecule has 1 N–H and O–H groups in total. The van der Waals surface area contributed by atoms with Gasteiger partial charge in [0.1, 0.15) is 11.6 Å². The van der Waals surface area contributed by atoms with Gasteiger partial charge in [0.15, 0.2) is 0 Å². The second-order valence-electron chi connectivity index (χ2n) is 8.07. The number of ether oxygens (including phenoxy) is 2. The van der Waals surface area contributed by atoms with Gasteiger partial charge in [-0.3, -0.25) is 4.79 Å². The number of allylic oxidation sites excluding steroid dienone is 3. The number of alkyl carbamates (subject to hydrolysis) is 1. The second kappa shape index (κ2) is 9.61. The van der Waals surface area contributed by atoms with Gasteiger partial charge in [-0.1, -0.05) is 24.3 Å². The molecule has 0 bridgehead atoms. The van der Waals surface area contributed by atoms with Crippen LogP contribution >= 0.6 is 0 Å². The third-order valence-corrected chi connectivity index (χ3v) is 4.44. The molecule has 2 rings (SSSR count). The summed E-state index contributed by atoms with van der Waals surface area (Å²) >= 11 is 0. The number of piperazine rings is 1. The van der Waals surface area contributed by atoms with Crippen molar-refractivity contribution in [2.75, 3.05) is 32.8 Å². The van der Waals surface area contributed by atoms with Crippen LogP contribution in [-0.4, -0.2) is 72.3 Å². The first-order valence-corrected chi connectivity index (χ1v) is 9.69. The van der Waals surface area contributed by atoms with Crippen molar-refractivity contribution < 1.29 is 23.9 Å². The number of rotatable bonds is 4. The lowest BCUT2D eigenvalue weighted by molar-refractivity contribution is -0.134. The van der Waals surface area contributed by atoms with Gasteiger partial charge in [0.25, 0.3) is 0 Å². The Morgan fingerprint density at radius 1 is 1.11 bits per heavy atom. The lowest BCUT2D eigenvalue weighted by atomic mass is 10.0. The standard InChI is InChI=1S/C20H31N3O5/c1-15(21-18(25)28-20(2,3)4)17(24)22-10-12-23(13-11-22)19(26)27-14-16-8-6-5-7-9-16/h5-8,15-16H,9-14H2,1-4H3,(H,21,25)/t15-,16?/m1/s1. The van der Waals surface area contributed by atoms with E-state index in [2.05, 4.69) is 11.4 Å². The van der Waals surface area contributed by atoms with Crippen molar-refractivity contribution in [2.45, 2.75) is 45.8 Å². The van der Waals surface area contributed by atoms with Crippen molar-refractivity contribution in [3.63, 3.8) is 0 Å². The summed E-state index contributed by atoms with van der Waals surface area (Å²) in [6, 6.07) is -0.695. The monoisotopic (exact) mass is 393 g/mol. The fourth-order valence-electron chi connectivity index (χ4n) is 2.95. The fraction of sp³-hybridized carbons (Fsp3) is 0.650. The first-order valence-electron chi connectivity index (χ1n) is 9.69. The summed E-state index contributed by atoms with van der Waals surface area (Å²) in [6.07, 6.45) is 7.91. The van der Waals surface area contributed by atoms with E-state index in [0.717, 1.165) is 6.42 Å². The minimum Gasteiger partial charge on any atom is -0.449 e. The van der Waals surface area contributed by atoms with Crippen LogP contribution in [0.4, 0.5) is 9.59 Å². The first kappa shape index (κ1) is 21.8. The molecule has 1 aliphatic carbocycles. The molecule has 1 saturated heterocycles. The largest absolute Gasteiger partial charge is 0.449 e. The van der Waals surface area contributed by atoms with Crippen LogP contribution in [0.15, 0.2) is 24.3 Å². The summed E-state index contributed by atoms with van der Waals surface area (Å²) < 4.78 is 10.6. The van der Waals surface area contributed by atoms with Crippen molar-refractivity contribution in [1.82, 2.24) is 15.1 Å². The van der Waals surface area contributed by atoms with Gasteiger partial charge in [0.2, 0.25) is 5.91 Å². The minimum absolute atomic E-state index is 0.196. The number of hydrogen-bond acceptors (Lipinski definition) is 5. The lowest BCUT2D eigenvalue weighted by Gasteiger charge is -2.35. The highest BCUT2D eigenvalue weighted by Crippen LogP contribution is 2.13. The van der Waals surface area contributed by atoms with Crippen LogP contribution in [-0.2, 0) is 14.3 Å². The average molecular weight is 393 g/mol. The van der Waals surface area contributed by atoms with Crippen molar-refractivity contribution in [3.05, 3.63) is 24.3 Å². The molecule has 1 aliphatic heterocycles. The summed E-state index contributed by atoms with van der Waals surface area (Å²) in [5.74, 6) is 0.0228. The highest BCUT2D eigenvalue weighted by atomic mass is 16.6. The molecular formula is C20H31N3O5. The summed E-state index contributed by atoms with van der Waals surface area (Å²) in [5.41, 5.74) is -0.622. The Labute approximate surface area is 166 Å². The van der Waals surface area contributed by atoms with Crippen LogP contribution in [0, 0.1) is 5.92 Å². The molecule has 1 unspecified atom stereocenters. The zero-order chi connectivity index (χ0) is 20.7. The zero-order valence-electron chi connectivity index (χ0n) is 17.1. The van der Waals surface area contributed by atoms with Gasteiger partial charge in [0, 0.05) is 32.1 Å². The average Bonchev–Trinajstić information content (AvgIpc) is 2.64. The zero-order valence-corrected chi connectivity index (χ0v) is 17.1. The van der Waals surface area contributed by atoms with Gasteiger partial charge in [-0.05, 0) is 34.1 Å². The Morgan fingerprint density at radius 3 is 2.32 bits per heavy atom. The van der Waals surface area contributed by atoms with Crippen LogP contribution in [0.1, 0.15) is 34.1 Å². The van der Waals surface area contributed by atoms with E-state index in [0.29, 0.717) is 32.8 Å². The van der Waals surface area contributed by atoms with Gasteiger partial charge in [-0.15, -0.1) is 0 Å². The maximum absolute atomic E-state index is 12.5. The Morgan fingerprint density at radius 2 is 1.75 bits per heavy atom. The van der Waals surface area contributed by atoms with Crippen LogP contribution in [0.25, 0.3) is 0 Å². The molecule has 2 aliphatic rings. The summed E-state index contributed by atoms with van der Waals surface area (Å²) in [4.78, 5) is 39.8. The van der Waals surface area contributed by atoms with Crippen molar-refractivity contribution in [1.29, 1.82) is 0 Å². The number of carbonyl (C=O) groups is 3. The molecule has 1 fully saturated rings. The van der Waals surface area contributed by atoms with E-state index in [-0.39, 0.29) is 17.9 Å². The predicted octanol–water partition coefficient (Wildman–Crippen LogP) is 2.31. The molecule has 0 aromatic rings. The van der Waals surface area contributed by atoms with E-state index in [9.17, 15) is 14.4 Å². The van der Waals surface area contributed by atoms with E-state index in [1.54, 1.807) is 37.5 Å². The van der Waals surface area contributed by atoms with Crippen molar-refractivity contribution in [3.8, 4) is 0 Å². The molecule has 8 heteroatoms. The molecule has 2 atom stereocenters. The van der Waals surface area contributed by atoms with E-state index in [4.69, 9.17) is 9.47 Å². The van der Waals surface area contributed by atoms with E-state index < -0.39 is 17.7 Å². The number of hydrogen-bond donors (Lipinski definition) is 1. The third-order valence-electron chi connectivity index (χ3n) is 4.44. The second-order valence-corrected chi connectivity index (χ2v) is 8.07. The highest BCUT2D eigenvalue weighted by molar-refractivity contribution is 5.85. The molecular weight excluding hydrogens is 362 g/mol. The van der Waals surface area contributed by atoms with Gasteiger partial charge < -0.3 is 24.6 Å². The Balaban J connectivity index is 1.72. The van der Waals surface area contributed by atoms with Gasteiger partial charge in [-0.25, -0.2) is 9.59 Å². The van der Waals surface area contributed by atoms with Crippen LogP contribution < -0.4 is 5.32 Å². The smallest absolute Gasteiger partial charge is 0.409 e. The SMILES string of the molecule is C[C@@H](NC(=O)OC(C)(C)C)C(=O)N1CCN(C(=O)OCC2C=CC=CC2)CC1. The van der Waals surface area contributed by atoms with E-state index in [1.165, 1.54) is 0 Å². The van der Waals surface area contributed by atoms with Crippen molar-refractivity contribution in [2.24, 2.45) is 5.92 Å². The summed E-state index contributed by atoms with van der Waals surface area (Å²) in [7, 11) is 0. The Kier molecular flexibility index (Phi) is 7.48. The number of carbonyl (C=O) groups excluding carboxylic acids is 3. The van der Waals surface area contributed by atoms with Gasteiger partial charge in [-0.2, -0.15) is 0 Å². The predicted molar refractivity (Wildman–Crippen MR) is 105 cm³/mol. The molecule has 3 amide bonds.